The lowest BCUT2D eigenvalue weighted by molar-refractivity contribution is 0.498. The van der Waals surface area contributed by atoms with Gasteiger partial charge < -0.3 is 14.7 Å². The maximum absolute atomic E-state index is 15.0. The topological polar surface area (TPSA) is 9.72 Å². The average Bonchev–Trinajstić information content (AvgIpc) is 2.45. The van der Waals surface area contributed by atoms with Crippen LogP contribution in [0.3, 0.4) is 0 Å². The number of hydrogen-bond donors (Lipinski definition) is 0. The Hall–Kier alpha value is -2.25. The van der Waals surface area contributed by atoms with E-state index in [-0.39, 0.29) is 11.4 Å². The van der Waals surface area contributed by atoms with Crippen molar-refractivity contribution in [2.24, 2.45) is 0 Å². The second kappa shape index (κ2) is 5.99. The maximum atomic E-state index is 15.0. The van der Waals surface area contributed by atoms with Gasteiger partial charge in [0.05, 0.1) is 22.1 Å². The van der Waals surface area contributed by atoms with E-state index in [9.17, 15) is 22.0 Å². The Labute approximate surface area is 136 Å². The van der Waals surface area contributed by atoms with Crippen molar-refractivity contribution in [3.05, 3.63) is 29.1 Å². The number of hydrogen-bond acceptors (Lipinski definition) is 3. The largest absolute Gasteiger partial charge is 0.374 e. The van der Waals surface area contributed by atoms with Gasteiger partial charge in [-0.3, -0.25) is 0 Å². The summed E-state index contributed by atoms with van der Waals surface area (Å²) < 4.78 is 73.1. The van der Waals surface area contributed by atoms with Gasteiger partial charge in [0.1, 0.15) is 5.69 Å². The third-order valence-electron chi connectivity index (χ3n) is 3.72. The zero-order valence-electron chi connectivity index (χ0n) is 14.2. The summed E-state index contributed by atoms with van der Waals surface area (Å²) in [6.45, 7) is 0. The highest BCUT2D eigenvalue weighted by Gasteiger charge is 2.31. The van der Waals surface area contributed by atoms with Crippen LogP contribution >= 0.6 is 0 Å². The van der Waals surface area contributed by atoms with Crippen LogP contribution in [0.25, 0.3) is 10.8 Å². The standard InChI is InChI=1S/C16H18F5N3/c1-22(2)14-10(18)8-7(9(17)13(14)21)11(19)15(23(3)4)16(12(8)20)24(5)6/h1-6H3. The molecule has 0 unspecified atom stereocenters. The first-order valence-electron chi connectivity index (χ1n) is 7.05. The van der Waals surface area contributed by atoms with Crippen molar-refractivity contribution in [2.75, 3.05) is 57.0 Å². The van der Waals surface area contributed by atoms with Crippen LogP contribution in [0.1, 0.15) is 0 Å². The summed E-state index contributed by atoms with van der Waals surface area (Å²) in [6, 6.07) is 0. The second-order valence-corrected chi connectivity index (χ2v) is 6.05. The van der Waals surface area contributed by atoms with Crippen molar-refractivity contribution in [1.82, 2.24) is 0 Å². The van der Waals surface area contributed by atoms with Crippen LogP contribution in [0.4, 0.5) is 39.0 Å². The van der Waals surface area contributed by atoms with E-state index in [1.807, 2.05) is 0 Å². The first-order valence-corrected chi connectivity index (χ1v) is 7.05. The zero-order chi connectivity index (χ0) is 18.5. The third kappa shape index (κ3) is 2.40. The van der Waals surface area contributed by atoms with Crippen molar-refractivity contribution in [2.45, 2.75) is 0 Å². The summed E-state index contributed by atoms with van der Waals surface area (Å²) in [6.07, 6.45) is 0. The molecule has 0 N–H and O–H groups in total. The average molecular weight is 347 g/mol. The van der Waals surface area contributed by atoms with Gasteiger partial charge in [0.25, 0.3) is 0 Å². The normalized spacial score (nSPS) is 11.1. The summed E-state index contributed by atoms with van der Waals surface area (Å²) in [4.78, 5) is 3.45. The van der Waals surface area contributed by atoms with E-state index in [0.717, 1.165) is 4.90 Å². The van der Waals surface area contributed by atoms with E-state index >= 15 is 0 Å². The molecule has 0 atom stereocenters. The van der Waals surface area contributed by atoms with Gasteiger partial charge in [0, 0.05) is 42.3 Å². The molecule has 24 heavy (non-hydrogen) atoms. The number of fused-ring (bicyclic) bond motifs is 1. The molecular formula is C16H18F5N3. The van der Waals surface area contributed by atoms with E-state index in [0.29, 0.717) is 0 Å². The number of nitrogens with zero attached hydrogens (tertiary/aromatic N) is 3. The minimum absolute atomic E-state index is 0.250. The smallest absolute Gasteiger partial charge is 0.185 e. The Morgan fingerprint density at radius 1 is 0.417 bits per heavy atom. The Morgan fingerprint density at radius 3 is 1.04 bits per heavy atom. The van der Waals surface area contributed by atoms with Crippen molar-refractivity contribution >= 4 is 27.8 Å². The molecule has 0 saturated carbocycles. The summed E-state index contributed by atoms with van der Waals surface area (Å²) in [5.41, 5.74) is -1.31. The van der Waals surface area contributed by atoms with Gasteiger partial charge in [-0.2, -0.15) is 0 Å². The number of halogens is 5. The van der Waals surface area contributed by atoms with Gasteiger partial charge >= 0.3 is 0 Å². The van der Waals surface area contributed by atoms with E-state index in [4.69, 9.17) is 0 Å². The summed E-state index contributed by atoms with van der Waals surface area (Å²) in [5.74, 6) is -6.91. The first kappa shape index (κ1) is 18.1. The molecule has 0 aliphatic heterocycles. The molecule has 2 aromatic rings. The van der Waals surface area contributed by atoms with E-state index in [2.05, 4.69) is 0 Å². The summed E-state index contributed by atoms with van der Waals surface area (Å²) in [5, 5.41) is -1.95. The number of anilines is 3. The molecule has 132 valence electrons. The van der Waals surface area contributed by atoms with Gasteiger partial charge in [-0.15, -0.1) is 0 Å². The lowest BCUT2D eigenvalue weighted by atomic mass is 10.0. The molecule has 0 amide bonds. The SMILES string of the molecule is CN(C)c1c(N(C)C)c(F)c2c(F)c(N(C)C)c(F)c(F)c2c1F. The molecular weight excluding hydrogens is 329 g/mol. The fourth-order valence-corrected chi connectivity index (χ4v) is 2.71. The van der Waals surface area contributed by atoms with Gasteiger partial charge in [0.15, 0.2) is 29.1 Å². The minimum Gasteiger partial charge on any atom is -0.374 e. The van der Waals surface area contributed by atoms with Crippen LogP contribution in [0, 0.1) is 29.1 Å². The van der Waals surface area contributed by atoms with Crippen LogP contribution < -0.4 is 14.7 Å². The van der Waals surface area contributed by atoms with E-state index < -0.39 is 45.5 Å². The van der Waals surface area contributed by atoms with Crippen molar-refractivity contribution < 1.29 is 22.0 Å². The molecule has 8 heteroatoms. The third-order valence-corrected chi connectivity index (χ3v) is 3.72. The van der Waals surface area contributed by atoms with Crippen LogP contribution in [0.5, 0.6) is 0 Å². The van der Waals surface area contributed by atoms with Gasteiger partial charge in [-0.25, -0.2) is 22.0 Å². The molecule has 0 saturated heterocycles. The number of benzene rings is 2. The van der Waals surface area contributed by atoms with Crippen LogP contribution in [-0.4, -0.2) is 42.3 Å². The molecule has 0 aromatic heterocycles. The first-order chi connectivity index (χ1) is 11.0. The highest BCUT2D eigenvalue weighted by molar-refractivity contribution is 5.97. The quantitative estimate of drug-likeness (QED) is 0.619. The van der Waals surface area contributed by atoms with Crippen molar-refractivity contribution in [3.63, 3.8) is 0 Å². The van der Waals surface area contributed by atoms with Crippen molar-refractivity contribution in [3.8, 4) is 0 Å². The van der Waals surface area contributed by atoms with E-state index in [1.54, 1.807) is 0 Å². The molecule has 2 aromatic carbocycles. The zero-order valence-corrected chi connectivity index (χ0v) is 14.2. The van der Waals surface area contributed by atoms with E-state index in [1.165, 1.54) is 52.1 Å². The molecule has 0 fully saturated rings. The predicted molar refractivity (Wildman–Crippen MR) is 86.7 cm³/mol. The highest BCUT2D eigenvalue weighted by atomic mass is 19.2. The lowest BCUT2D eigenvalue weighted by Gasteiger charge is -2.26. The fraction of sp³-hybridized carbons (Fsp3) is 0.375. The molecule has 0 bridgehead atoms. The van der Waals surface area contributed by atoms with Crippen LogP contribution in [0.2, 0.25) is 0 Å². The van der Waals surface area contributed by atoms with Gasteiger partial charge in [-0.1, -0.05) is 0 Å². The fourth-order valence-electron chi connectivity index (χ4n) is 2.71. The van der Waals surface area contributed by atoms with Crippen molar-refractivity contribution in [1.29, 1.82) is 0 Å². The minimum atomic E-state index is -1.63. The molecule has 0 aliphatic rings. The maximum Gasteiger partial charge on any atom is 0.185 e. The van der Waals surface area contributed by atoms with Gasteiger partial charge in [-0.05, 0) is 0 Å². The molecule has 0 radical (unpaired) electrons. The lowest BCUT2D eigenvalue weighted by Crippen LogP contribution is -2.21. The van der Waals surface area contributed by atoms with Crippen LogP contribution in [0.15, 0.2) is 0 Å². The molecule has 0 aliphatic carbocycles. The number of rotatable bonds is 3. The molecule has 3 nitrogen and oxygen atoms in total. The molecule has 0 heterocycles. The highest BCUT2D eigenvalue weighted by Crippen LogP contribution is 2.43. The van der Waals surface area contributed by atoms with Crippen LogP contribution in [-0.2, 0) is 0 Å². The molecule has 0 spiro atoms. The monoisotopic (exact) mass is 347 g/mol. The second-order valence-electron chi connectivity index (χ2n) is 6.05. The predicted octanol–water partition coefficient (Wildman–Crippen LogP) is 3.73. The van der Waals surface area contributed by atoms with Gasteiger partial charge in [0.2, 0.25) is 0 Å². The Kier molecular flexibility index (Phi) is 4.52. The molecule has 2 rings (SSSR count). The Morgan fingerprint density at radius 2 is 0.708 bits per heavy atom. The Bertz CT molecular complexity index is 816. The summed E-state index contributed by atoms with van der Waals surface area (Å²) in [7, 11) is 8.30. The summed E-state index contributed by atoms with van der Waals surface area (Å²) >= 11 is 0. The Balaban J connectivity index is 3.20.